The van der Waals surface area contributed by atoms with E-state index in [1.807, 2.05) is 0 Å². The van der Waals surface area contributed by atoms with E-state index in [1.54, 1.807) is 0 Å². The second-order valence-electron chi connectivity index (χ2n) is 10.6. The Morgan fingerprint density at radius 2 is 1.36 bits per heavy atom. The second-order valence-corrected chi connectivity index (χ2v) is 11.2. The minimum Gasteiger partial charge on any atom is -0.391 e. The van der Waals surface area contributed by atoms with Gasteiger partial charge < -0.3 is 25.2 Å². The van der Waals surface area contributed by atoms with Crippen LogP contribution >= 0.6 is 11.6 Å². The molecule has 0 unspecified atom stereocenters. The molecule has 0 heterocycles. The van der Waals surface area contributed by atoms with Crippen LogP contribution in [0, 0.1) is 0 Å². The quantitative estimate of drug-likeness (QED) is 0.456. The first-order valence-corrected chi connectivity index (χ1v) is 13.0. The van der Waals surface area contributed by atoms with E-state index >= 15 is 0 Å². The Morgan fingerprint density at radius 1 is 0.848 bits per heavy atom. The highest BCUT2D eigenvalue weighted by Crippen LogP contribution is 2.47. The maximum absolute atomic E-state index is 13.3. The number of aliphatic hydroxyl groups is 1. The lowest BCUT2D eigenvalue weighted by molar-refractivity contribution is -0.142. The van der Waals surface area contributed by atoms with Crippen molar-refractivity contribution >= 4 is 23.4 Å². The van der Waals surface area contributed by atoms with Crippen LogP contribution in [-0.4, -0.2) is 71.1 Å². The molecular formula is C24H38ClFN2O5. The highest BCUT2D eigenvalue weighted by molar-refractivity contribution is 6.20. The third-order valence-electron chi connectivity index (χ3n) is 8.22. The molecule has 0 aliphatic heterocycles. The average molecular weight is 489 g/mol. The number of carbonyl (C=O) groups excluding carboxylic acids is 2. The summed E-state index contributed by atoms with van der Waals surface area (Å²) in [5.41, 5.74) is -1.11. The van der Waals surface area contributed by atoms with Crippen LogP contribution in [0.2, 0.25) is 0 Å². The molecular weight excluding hydrogens is 451 g/mol. The van der Waals surface area contributed by atoms with E-state index in [0.29, 0.717) is 57.8 Å². The summed E-state index contributed by atoms with van der Waals surface area (Å²) in [6, 6.07) is 0. The number of halogens is 2. The predicted molar refractivity (Wildman–Crippen MR) is 122 cm³/mol. The maximum Gasteiger partial charge on any atom is 0.246 e. The van der Waals surface area contributed by atoms with E-state index in [0.717, 1.165) is 25.7 Å². The lowest BCUT2D eigenvalue weighted by atomic mass is 9.60. The third kappa shape index (κ3) is 6.38. The number of nitrogens with one attached hydrogen (secondary N) is 2. The molecule has 3 N–H and O–H groups in total. The summed E-state index contributed by atoms with van der Waals surface area (Å²) >= 11 is 6.13. The summed E-state index contributed by atoms with van der Waals surface area (Å²) in [4.78, 5) is 25.1. The van der Waals surface area contributed by atoms with Gasteiger partial charge in [0.15, 0.2) is 0 Å². The van der Waals surface area contributed by atoms with Crippen molar-refractivity contribution < 1.29 is 28.6 Å². The van der Waals surface area contributed by atoms with E-state index in [1.165, 1.54) is 0 Å². The summed E-state index contributed by atoms with van der Waals surface area (Å²) in [5, 5.41) is 17.3. The van der Waals surface area contributed by atoms with Crippen molar-refractivity contribution in [1.29, 1.82) is 0 Å². The molecule has 1 atom stereocenters. The van der Waals surface area contributed by atoms with Crippen molar-refractivity contribution in [3.05, 3.63) is 0 Å². The van der Waals surface area contributed by atoms with Gasteiger partial charge in [-0.2, -0.15) is 0 Å². The van der Waals surface area contributed by atoms with Gasteiger partial charge in [0.05, 0.1) is 23.9 Å². The highest BCUT2D eigenvalue weighted by atomic mass is 35.5. The van der Waals surface area contributed by atoms with Crippen LogP contribution in [0.4, 0.5) is 4.39 Å². The lowest BCUT2D eigenvalue weighted by Gasteiger charge is -2.56. The fourth-order valence-corrected chi connectivity index (χ4v) is 6.32. The number of rotatable bonds is 8. The number of carbonyl (C=O) groups is 2. The van der Waals surface area contributed by atoms with E-state index < -0.39 is 23.4 Å². The Bertz CT molecular complexity index is 686. The van der Waals surface area contributed by atoms with E-state index in [4.69, 9.17) is 21.1 Å². The summed E-state index contributed by atoms with van der Waals surface area (Å²) in [6.45, 7) is -0.0417. The first-order chi connectivity index (χ1) is 15.8. The van der Waals surface area contributed by atoms with Gasteiger partial charge in [-0.15, -0.1) is 11.6 Å². The SMILES string of the molecule is O=C(COC1CCC(Cl)CC1)NC12CCC(NC(=O)COC3CCC(F)CC3)(CC1)[C@@H](O)C2. The lowest BCUT2D eigenvalue weighted by Crippen LogP contribution is -2.70. The van der Waals surface area contributed by atoms with Crippen LogP contribution in [0.3, 0.4) is 0 Å². The van der Waals surface area contributed by atoms with Gasteiger partial charge in [-0.3, -0.25) is 9.59 Å². The molecule has 9 heteroatoms. The van der Waals surface area contributed by atoms with Crippen molar-refractivity contribution in [3.8, 4) is 0 Å². The molecule has 5 aliphatic carbocycles. The van der Waals surface area contributed by atoms with Crippen molar-refractivity contribution in [3.63, 3.8) is 0 Å². The van der Waals surface area contributed by atoms with Crippen LogP contribution in [0.25, 0.3) is 0 Å². The largest absolute Gasteiger partial charge is 0.391 e. The summed E-state index contributed by atoms with van der Waals surface area (Å²) < 4.78 is 24.7. The number of ether oxygens (including phenoxy) is 2. The van der Waals surface area contributed by atoms with Crippen molar-refractivity contribution in [1.82, 2.24) is 10.6 Å². The van der Waals surface area contributed by atoms with E-state index in [-0.39, 0.29) is 42.6 Å². The molecule has 0 aromatic rings. The van der Waals surface area contributed by atoms with Gasteiger partial charge in [0.1, 0.15) is 19.4 Å². The van der Waals surface area contributed by atoms with Crippen molar-refractivity contribution in [2.24, 2.45) is 0 Å². The molecule has 5 saturated carbocycles. The first kappa shape index (κ1) is 25.1. The van der Waals surface area contributed by atoms with E-state index in [9.17, 15) is 19.1 Å². The van der Waals surface area contributed by atoms with Crippen molar-refractivity contribution in [2.45, 2.75) is 124 Å². The van der Waals surface area contributed by atoms with Gasteiger partial charge in [0, 0.05) is 10.9 Å². The Hall–Kier alpha value is -0.960. The number of hydrogen-bond donors (Lipinski definition) is 3. The average Bonchev–Trinajstić information content (AvgIpc) is 2.79. The normalized spacial score (nSPS) is 40.9. The van der Waals surface area contributed by atoms with Gasteiger partial charge >= 0.3 is 0 Å². The highest BCUT2D eigenvalue weighted by Gasteiger charge is 2.55. The smallest absolute Gasteiger partial charge is 0.246 e. The number of alkyl halides is 2. The zero-order valence-corrected chi connectivity index (χ0v) is 20.1. The summed E-state index contributed by atoms with van der Waals surface area (Å²) in [6.07, 6.45) is 7.42. The van der Waals surface area contributed by atoms with Gasteiger partial charge in [0.25, 0.3) is 0 Å². The van der Waals surface area contributed by atoms with E-state index in [2.05, 4.69) is 10.6 Å². The first-order valence-electron chi connectivity index (χ1n) is 12.6. The Labute approximate surface area is 200 Å². The molecule has 5 fully saturated rings. The molecule has 188 valence electrons. The second kappa shape index (κ2) is 10.8. The number of hydrogen-bond acceptors (Lipinski definition) is 5. The molecule has 0 spiro atoms. The van der Waals surface area contributed by atoms with Crippen LogP contribution in [0.1, 0.15) is 83.5 Å². The van der Waals surface area contributed by atoms with Gasteiger partial charge in [-0.1, -0.05) is 0 Å². The Kier molecular flexibility index (Phi) is 8.19. The molecule has 0 radical (unpaired) electrons. The molecule has 2 amide bonds. The zero-order chi connectivity index (χ0) is 23.5. The molecule has 0 saturated heterocycles. The van der Waals surface area contributed by atoms with Crippen LogP contribution in [0.5, 0.6) is 0 Å². The van der Waals surface area contributed by atoms with Crippen LogP contribution < -0.4 is 10.6 Å². The number of aliphatic hydroxyl groups excluding tert-OH is 1. The molecule has 33 heavy (non-hydrogen) atoms. The van der Waals surface area contributed by atoms with Gasteiger partial charge in [-0.05, 0) is 83.5 Å². The van der Waals surface area contributed by atoms with Crippen LogP contribution in [-0.2, 0) is 19.1 Å². The fourth-order valence-electron chi connectivity index (χ4n) is 6.07. The monoisotopic (exact) mass is 488 g/mol. The van der Waals surface area contributed by atoms with Crippen LogP contribution in [0.15, 0.2) is 0 Å². The standard InChI is InChI=1S/C24H38ClFN2O5/c25-16-1-5-18(6-2-16)32-14-21(30)27-23-9-11-24(12-10-23,20(29)13-23)28-22(31)15-33-19-7-3-17(26)4-8-19/h16-20,29H,1-15H2,(H,27,30)(H,28,31)/t16?,17?,18?,19?,20-,23?,24?/m0/s1. The minimum absolute atomic E-state index is 0.0268. The minimum atomic E-state index is -0.754. The molecule has 5 rings (SSSR count). The summed E-state index contributed by atoms with van der Waals surface area (Å²) in [5.74, 6) is -0.389. The number of amides is 2. The van der Waals surface area contributed by atoms with Crippen molar-refractivity contribution in [2.75, 3.05) is 13.2 Å². The zero-order valence-electron chi connectivity index (χ0n) is 19.3. The molecule has 0 aromatic heterocycles. The third-order valence-corrected chi connectivity index (χ3v) is 8.66. The maximum atomic E-state index is 13.3. The number of fused-ring (bicyclic) bond motifs is 3. The Balaban J connectivity index is 1.20. The van der Waals surface area contributed by atoms with Gasteiger partial charge in [0.2, 0.25) is 11.8 Å². The molecule has 7 nitrogen and oxygen atoms in total. The van der Waals surface area contributed by atoms with Gasteiger partial charge in [-0.25, -0.2) is 4.39 Å². The molecule has 0 aromatic carbocycles. The fraction of sp³-hybridized carbons (Fsp3) is 0.917. The topological polar surface area (TPSA) is 96.9 Å². The predicted octanol–water partition coefficient (Wildman–Crippen LogP) is 2.90. The Morgan fingerprint density at radius 3 is 1.91 bits per heavy atom. The molecule has 2 bridgehead atoms. The molecule has 5 aliphatic rings. The summed E-state index contributed by atoms with van der Waals surface area (Å²) in [7, 11) is 0.